The molecule has 0 radical (unpaired) electrons. The molecule has 6 nitrogen and oxygen atoms in total. The highest BCUT2D eigenvalue weighted by molar-refractivity contribution is 5.65. The second kappa shape index (κ2) is 10.1. The molecule has 0 aromatic heterocycles. The highest BCUT2D eigenvalue weighted by Crippen LogP contribution is 2.12. The number of nitrogens with two attached hydrogens (primary N) is 1. The molecule has 20 heavy (non-hydrogen) atoms. The Morgan fingerprint density at radius 3 is 2.10 bits per heavy atom. The third-order valence-corrected chi connectivity index (χ3v) is 2.28. The van der Waals surface area contributed by atoms with Gasteiger partial charge in [0.15, 0.2) is 0 Å². The van der Waals surface area contributed by atoms with Gasteiger partial charge in [-0.2, -0.15) is 0 Å². The van der Waals surface area contributed by atoms with Crippen LogP contribution >= 0.6 is 0 Å². The summed E-state index contributed by atoms with van der Waals surface area (Å²) < 4.78 is 20.7. The number of carbonyl (C=O) groups is 1. The number of rotatable bonds is 10. The number of hydrogen-bond acceptors (Lipinski definition) is 6. The summed E-state index contributed by atoms with van der Waals surface area (Å²) in [7, 11) is 0. The van der Waals surface area contributed by atoms with Crippen LogP contribution in [-0.4, -0.2) is 45.6 Å². The van der Waals surface area contributed by atoms with Gasteiger partial charge in [-0.15, -0.1) is 0 Å². The van der Waals surface area contributed by atoms with Gasteiger partial charge in [-0.3, -0.25) is 4.79 Å². The standard InChI is InChI=1S/C14H21NO5/c1-12(16)19-10-8-17-6-7-18-9-11-20-14-4-2-13(15)3-5-14/h2-5H,6-11,15H2,1H3. The van der Waals surface area contributed by atoms with Crippen LogP contribution in [-0.2, 0) is 19.0 Å². The van der Waals surface area contributed by atoms with E-state index in [0.29, 0.717) is 38.7 Å². The Hall–Kier alpha value is -1.79. The maximum absolute atomic E-state index is 10.5. The fraction of sp³-hybridized carbons (Fsp3) is 0.500. The number of carbonyl (C=O) groups excluding carboxylic acids is 1. The summed E-state index contributed by atoms with van der Waals surface area (Å²) in [6.45, 7) is 3.91. The maximum Gasteiger partial charge on any atom is 0.302 e. The lowest BCUT2D eigenvalue weighted by atomic mass is 10.3. The summed E-state index contributed by atoms with van der Waals surface area (Å²) in [6.07, 6.45) is 0. The minimum atomic E-state index is -0.301. The molecule has 0 saturated carbocycles. The van der Waals surface area contributed by atoms with Crippen molar-refractivity contribution in [1.29, 1.82) is 0 Å². The lowest BCUT2D eigenvalue weighted by Crippen LogP contribution is -2.13. The molecule has 0 unspecified atom stereocenters. The van der Waals surface area contributed by atoms with Crippen molar-refractivity contribution in [2.24, 2.45) is 0 Å². The van der Waals surface area contributed by atoms with Gasteiger partial charge in [0, 0.05) is 12.6 Å². The molecule has 0 fully saturated rings. The number of esters is 1. The van der Waals surface area contributed by atoms with Crippen molar-refractivity contribution in [2.45, 2.75) is 6.92 Å². The van der Waals surface area contributed by atoms with E-state index >= 15 is 0 Å². The Morgan fingerprint density at radius 1 is 0.950 bits per heavy atom. The smallest absolute Gasteiger partial charge is 0.302 e. The van der Waals surface area contributed by atoms with E-state index < -0.39 is 0 Å². The molecule has 0 spiro atoms. The van der Waals surface area contributed by atoms with E-state index in [1.165, 1.54) is 6.92 Å². The monoisotopic (exact) mass is 283 g/mol. The first kappa shape index (κ1) is 16.3. The number of benzene rings is 1. The van der Waals surface area contributed by atoms with Crippen LogP contribution < -0.4 is 10.5 Å². The van der Waals surface area contributed by atoms with Crippen LogP contribution in [0.25, 0.3) is 0 Å². The van der Waals surface area contributed by atoms with Gasteiger partial charge in [-0.05, 0) is 24.3 Å². The Morgan fingerprint density at radius 2 is 1.50 bits per heavy atom. The molecule has 2 N–H and O–H groups in total. The van der Waals surface area contributed by atoms with Crippen LogP contribution in [0, 0.1) is 0 Å². The van der Waals surface area contributed by atoms with E-state index in [1.54, 1.807) is 12.1 Å². The van der Waals surface area contributed by atoms with E-state index in [1.807, 2.05) is 12.1 Å². The van der Waals surface area contributed by atoms with Gasteiger partial charge in [0.1, 0.15) is 19.0 Å². The van der Waals surface area contributed by atoms with Crippen molar-refractivity contribution >= 4 is 11.7 Å². The fourth-order valence-electron chi connectivity index (χ4n) is 1.35. The molecule has 6 heteroatoms. The zero-order chi connectivity index (χ0) is 14.6. The highest BCUT2D eigenvalue weighted by Gasteiger charge is 1.95. The van der Waals surface area contributed by atoms with E-state index in [4.69, 9.17) is 24.7 Å². The summed E-state index contributed by atoms with van der Waals surface area (Å²) in [4.78, 5) is 10.5. The normalized spacial score (nSPS) is 10.2. The molecule has 0 atom stereocenters. The van der Waals surface area contributed by atoms with Crippen molar-refractivity contribution in [2.75, 3.05) is 45.4 Å². The largest absolute Gasteiger partial charge is 0.491 e. The molecule has 112 valence electrons. The fourth-order valence-corrected chi connectivity index (χ4v) is 1.35. The second-order valence-electron chi connectivity index (χ2n) is 3.98. The molecule has 1 aromatic carbocycles. The molecular weight excluding hydrogens is 262 g/mol. The van der Waals surface area contributed by atoms with Gasteiger partial charge in [0.25, 0.3) is 0 Å². The Bertz CT molecular complexity index is 380. The average Bonchev–Trinajstić information content (AvgIpc) is 2.42. The van der Waals surface area contributed by atoms with Gasteiger partial charge in [0.05, 0.1) is 26.4 Å². The van der Waals surface area contributed by atoms with Crippen LogP contribution in [0.1, 0.15) is 6.92 Å². The van der Waals surface area contributed by atoms with Gasteiger partial charge >= 0.3 is 5.97 Å². The lowest BCUT2D eigenvalue weighted by Gasteiger charge is -2.08. The first-order valence-electron chi connectivity index (χ1n) is 6.45. The van der Waals surface area contributed by atoms with Crippen molar-refractivity contribution in [3.8, 4) is 5.75 Å². The number of anilines is 1. The molecule has 0 aliphatic heterocycles. The Balaban J connectivity index is 1.87. The predicted molar refractivity (Wildman–Crippen MR) is 74.6 cm³/mol. The Kier molecular flexibility index (Phi) is 8.17. The molecule has 0 aliphatic rings. The van der Waals surface area contributed by atoms with Crippen LogP contribution in [0.3, 0.4) is 0 Å². The topological polar surface area (TPSA) is 80.0 Å². The van der Waals surface area contributed by atoms with Crippen molar-refractivity contribution in [3.63, 3.8) is 0 Å². The minimum absolute atomic E-state index is 0.273. The average molecular weight is 283 g/mol. The quantitative estimate of drug-likeness (QED) is 0.395. The van der Waals surface area contributed by atoms with Crippen LogP contribution in [0.4, 0.5) is 5.69 Å². The maximum atomic E-state index is 10.5. The summed E-state index contributed by atoms with van der Waals surface area (Å²) in [5, 5.41) is 0. The summed E-state index contributed by atoms with van der Waals surface area (Å²) in [6, 6.07) is 7.20. The highest BCUT2D eigenvalue weighted by atomic mass is 16.6. The van der Waals surface area contributed by atoms with Crippen molar-refractivity contribution in [1.82, 2.24) is 0 Å². The Labute approximate surface area is 118 Å². The van der Waals surface area contributed by atoms with Crippen molar-refractivity contribution < 1.29 is 23.7 Å². The van der Waals surface area contributed by atoms with Gasteiger partial charge in [-0.25, -0.2) is 0 Å². The molecule has 0 saturated heterocycles. The molecule has 1 aromatic rings. The minimum Gasteiger partial charge on any atom is -0.491 e. The first-order chi connectivity index (χ1) is 9.68. The summed E-state index contributed by atoms with van der Waals surface area (Å²) in [5.41, 5.74) is 6.27. The van der Waals surface area contributed by atoms with Crippen molar-refractivity contribution in [3.05, 3.63) is 24.3 Å². The predicted octanol–water partition coefficient (Wildman–Crippen LogP) is 1.24. The third-order valence-electron chi connectivity index (χ3n) is 2.28. The van der Waals surface area contributed by atoms with Crippen LogP contribution in [0.2, 0.25) is 0 Å². The second-order valence-corrected chi connectivity index (χ2v) is 3.98. The summed E-state index contributed by atoms with van der Waals surface area (Å²) >= 11 is 0. The number of hydrogen-bond donors (Lipinski definition) is 1. The van der Waals surface area contributed by atoms with Gasteiger partial charge in [-0.1, -0.05) is 0 Å². The zero-order valence-corrected chi connectivity index (χ0v) is 11.7. The third kappa shape index (κ3) is 8.34. The van der Waals surface area contributed by atoms with E-state index in [2.05, 4.69) is 0 Å². The van der Waals surface area contributed by atoms with E-state index in [0.717, 1.165) is 5.75 Å². The SMILES string of the molecule is CC(=O)OCCOCCOCCOc1ccc(N)cc1. The molecule has 0 amide bonds. The number of ether oxygens (including phenoxy) is 4. The van der Waals surface area contributed by atoms with E-state index in [9.17, 15) is 4.79 Å². The van der Waals surface area contributed by atoms with Crippen LogP contribution in [0.15, 0.2) is 24.3 Å². The molecule has 1 rings (SSSR count). The zero-order valence-electron chi connectivity index (χ0n) is 11.7. The molecule has 0 bridgehead atoms. The molecule has 0 heterocycles. The van der Waals surface area contributed by atoms with Gasteiger partial charge in [0.2, 0.25) is 0 Å². The van der Waals surface area contributed by atoms with Crippen LogP contribution in [0.5, 0.6) is 5.75 Å². The number of nitrogen functional groups attached to an aromatic ring is 1. The molecular formula is C14H21NO5. The molecule has 0 aliphatic carbocycles. The summed E-state index contributed by atoms with van der Waals surface area (Å²) in [5.74, 6) is 0.463. The van der Waals surface area contributed by atoms with Gasteiger partial charge < -0.3 is 24.7 Å². The van der Waals surface area contributed by atoms with E-state index in [-0.39, 0.29) is 12.6 Å². The first-order valence-corrected chi connectivity index (χ1v) is 6.45. The lowest BCUT2D eigenvalue weighted by molar-refractivity contribution is -0.142.